The summed E-state index contributed by atoms with van der Waals surface area (Å²) in [6, 6.07) is 3.48. The molecule has 1 atom stereocenters. The lowest BCUT2D eigenvalue weighted by atomic mass is 9.74. The van der Waals surface area contributed by atoms with Crippen molar-refractivity contribution in [3.05, 3.63) is 33.9 Å². The first-order valence-electron chi connectivity index (χ1n) is 6.61. The van der Waals surface area contributed by atoms with Crippen LogP contribution in [0.3, 0.4) is 0 Å². The van der Waals surface area contributed by atoms with Crippen LogP contribution in [0.4, 0.5) is 18.9 Å². The molecule has 0 aliphatic rings. The summed E-state index contributed by atoms with van der Waals surface area (Å²) >= 11 is 0. The molecule has 0 saturated carbocycles. The topological polar surface area (TPSA) is 110 Å². The number of hydrogen-bond acceptors (Lipinski definition) is 5. The van der Waals surface area contributed by atoms with E-state index in [-0.39, 0.29) is 11.3 Å². The van der Waals surface area contributed by atoms with E-state index in [4.69, 9.17) is 9.84 Å². The van der Waals surface area contributed by atoms with Gasteiger partial charge in [0.15, 0.2) is 5.75 Å². The molecule has 0 saturated heterocycles. The average Bonchev–Trinajstić information content (AvgIpc) is 2.44. The molecule has 1 aromatic rings. The lowest BCUT2D eigenvalue weighted by Gasteiger charge is -2.34. The molecule has 1 unspecified atom stereocenters. The van der Waals surface area contributed by atoms with Gasteiger partial charge in [0.1, 0.15) is 0 Å². The Bertz CT molecular complexity index is 658. The van der Waals surface area contributed by atoms with Crippen LogP contribution in [-0.4, -0.2) is 40.0 Å². The fourth-order valence-corrected chi connectivity index (χ4v) is 2.29. The van der Waals surface area contributed by atoms with Gasteiger partial charge in [-0.25, -0.2) is 4.79 Å². The van der Waals surface area contributed by atoms with Gasteiger partial charge in [0.05, 0.1) is 12.0 Å². The maximum absolute atomic E-state index is 13.0. The summed E-state index contributed by atoms with van der Waals surface area (Å²) in [6.45, 7) is 2.50. The van der Waals surface area contributed by atoms with Crippen molar-refractivity contribution in [2.75, 3.05) is 7.11 Å². The van der Waals surface area contributed by atoms with Gasteiger partial charge in [0.2, 0.25) is 0 Å². The second kappa shape index (κ2) is 6.27. The number of nitrogens with zero attached hydrogens (tertiary/aromatic N) is 1. The van der Waals surface area contributed by atoms with E-state index >= 15 is 0 Å². The number of benzene rings is 1. The van der Waals surface area contributed by atoms with Gasteiger partial charge >= 0.3 is 17.8 Å². The van der Waals surface area contributed by atoms with Gasteiger partial charge in [-0.3, -0.25) is 10.1 Å². The maximum Gasteiger partial charge on any atom is 0.428 e. The maximum atomic E-state index is 13.0. The number of carbonyl (C=O) groups is 1. The minimum atomic E-state index is -5.41. The molecular formula is C14H16F3NO6. The minimum Gasteiger partial charge on any atom is -0.490 e. The summed E-state index contributed by atoms with van der Waals surface area (Å²) in [5, 5.41) is 29.4. The Morgan fingerprint density at radius 3 is 2.25 bits per heavy atom. The summed E-state index contributed by atoms with van der Waals surface area (Å²) < 4.78 is 43.7. The third-order valence-electron chi connectivity index (χ3n) is 3.68. The largest absolute Gasteiger partial charge is 0.490 e. The van der Waals surface area contributed by atoms with E-state index in [1.54, 1.807) is 0 Å². The van der Waals surface area contributed by atoms with Crippen molar-refractivity contribution in [2.45, 2.75) is 37.5 Å². The highest BCUT2D eigenvalue weighted by Crippen LogP contribution is 2.42. The number of rotatable bonds is 6. The smallest absolute Gasteiger partial charge is 0.428 e. The first-order valence-corrected chi connectivity index (χ1v) is 6.61. The number of carboxylic acids is 1. The number of alkyl halides is 3. The van der Waals surface area contributed by atoms with Crippen LogP contribution in [0.5, 0.6) is 5.75 Å². The molecule has 0 bridgehead atoms. The Kier molecular flexibility index (Phi) is 5.14. The molecular weight excluding hydrogens is 335 g/mol. The highest BCUT2D eigenvalue weighted by atomic mass is 19.4. The van der Waals surface area contributed by atoms with Crippen LogP contribution in [-0.2, 0) is 10.2 Å². The monoisotopic (exact) mass is 351 g/mol. The molecule has 0 radical (unpaired) electrons. The number of halogens is 3. The van der Waals surface area contributed by atoms with E-state index in [1.807, 2.05) is 0 Å². The third kappa shape index (κ3) is 3.58. The molecule has 24 heavy (non-hydrogen) atoms. The van der Waals surface area contributed by atoms with Crippen molar-refractivity contribution in [1.29, 1.82) is 0 Å². The molecule has 0 fully saturated rings. The number of aliphatic hydroxyl groups is 1. The predicted octanol–water partition coefficient (Wildman–Crippen LogP) is 2.65. The number of nitro groups is 1. The number of aliphatic carboxylic acids is 1. The summed E-state index contributed by atoms with van der Waals surface area (Å²) in [7, 11) is 1.19. The lowest BCUT2D eigenvalue weighted by molar-refractivity contribution is -0.385. The highest BCUT2D eigenvalue weighted by molar-refractivity contribution is 5.78. The summed E-state index contributed by atoms with van der Waals surface area (Å²) in [5.74, 6) is -2.53. The van der Waals surface area contributed by atoms with Crippen LogP contribution >= 0.6 is 0 Å². The number of ether oxygens (including phenoxy) is 1. The van der Waals surface area contributed by atoms with Crippen molar-refractivity contribution in [3.63, 3.8) is 0 Å². The number of methoxy groups -OCH3 is 1. The van der Waals surface area contributed by atoms with Gasteiger partial charge in [-0.05, 0) is 17.0 Å². The Hall–Kier alpha value is -2.36. The highest BCUT2D eigenvalue weighted by Gasteiger charge is 2.61. The van der Waals surface area contributed by atoms with Gasteiger partial charge in [-0.1, -0.05) is 19.9 Å². The standard InChI is InChI=1S/C14H16F3NO6/c1-12(2,7-13(21,11(19)20)14(15,16)17)8-4-5-10(24-3)9(6-8)18(22)23/h4-6,21H,7H2,1-3H3,(H,19,20). The molecule has 0 aliphatic heterocycles. The van der Waals surface area contributed by atoms with Gasteiger partial charge in [0.25, 0.3) is 5.60 Å². The fourth-order valence-electron chi connectivity index (χ4n) is 2.29. The zero-order valence-electron chi connectivity index (χ0n) is 13.0. The normalized spacial score (nSPS) is 14.8. The Morgan fingerprint density at radius 1 is 1.33 bits per heavy atom. The lowest BCUT2D eigenvalue weighted by Crippen LogP contribution is -2.55. The summed E-state index contributed by atoms with van der Waals surface area (Å²) in [6.07, 6.45) is -6.63. The van der Waals surface area contributed by atoms with E-state index in [9.17, 15) is 33.2 Å². The van der Waals surface area contributed by atoms with Crippen molar-refractivity contribution in [2.24, 2.45) is 0 Å². The number of carboxylic acid groups (broad SMARTS) is 1. The first kappa shape index (κ1) is 19.7. The van der Waals surface area contributed by atoms with Gasteiger partial charge in [-0.2, -0.15) is 13.2 Å². The Morgan fingerprint density at radius 2 is 1.88 bits per heavy atom. The zero-order chi connectivity index (χ0) is 18.9. The van der Waals surface area contributed by atoms with Crippen molar-refractivity contribution >= 4 is 11.7 Å². The van der Waals surface area contributed by atoms with Gasteiger partial charge in [0, 0.05) is 12.5 Å². The quantitative estimate of drug-likeness (QED) is 0.602. The number of hydrogen-bond donors (Lipinski definition) is 2. The average molecular weight is 351 g/mol. The molecule has 0 heterocycles. The van der Waals surface area contributed by atoms with Crippen LogP contribution in [0.25, 0.3) is 0 Å². The van der Waals surface area contributed by atoms with E-state index in [2.05, 4.69) is 0 Å². The van der Waals surface area contributed by atoms with E-state index in [1.165, 1.54) is 33.1 Å². The summed E-state index contributed by atoms with van der Waals surface area (Å²) in [5.41, 5.74) is -5.93. The first-order chi connectivity index (χ1) is 10.8. The zero-order valence-corrected chi connectivity index (χ0v) is 13.0. The molecule has 0 aromatic heterocycles. The SMILES string of the molecule is COc1ccc(C(C)(C)CC(O)(C(=O)O)C(F)(F)F)cc1[N+](=O)[O-]. The molecule has 0 spiro atoms. The van der Waals surface area contributed by atoms with E-state index in [0.717, 1.165) is 6.07 Å². The molecule has 0 aliphatic carbocycles. The fraction of sp³-hybridized carbons (Fsp3) is 0.500. The molecule has 1 aromatic carbocycles. The van der Waals surface area contributed by atoms with Gasteiger partial charge < -0.3 is 14.9 Å². The Balaban J connectivity index is 3.37. The van der Waals surface area contributed by atoms with Crippen LogP contribution in [0.1, 0.15) is 25.8 Å². The second-order valence-electron chi connectivity index (χ2n) is 5.87. The van der Waals surface area contributed by atoms with Crippen molar-refractivity contribution in [1.82, 2.24) is 0 Å². The van der Waals surface area contributed by atoms with Crippen LogP contribution < -0.4 is 4.74 Å². The van der Waals surface area contributed by atoms with Gasteiger partial charge in [-0.15, -0.1) is 0 Å². The van der Waals surface area contributed by atoms with E-state index in [0.29, 0.717) is 0 Å². The Labute approximate surface area is 134 Å². The minimum absolute atomic E-state index is 0.0546. The third-order valence-corrected chi connectivity index (χ3v) is 3.68. The van der Waals surface area contributed by atoms with Crippen LogP contribution in [0, 0.1) is 10.1 Å². The van der Waals surface area contributed by atoms with Crippen molar-refractivity contribution < 1.29 is 37.8 Å². The molecule has 1 rings (SSSR count). The van der Waals surface area contributed by atoms with Crippen molar-refractivity contribution in [3.8, 4) is 5.75 Å². The predicted molar refractivity (Wildman–Crippen MR) is 75.9 cm³/mol. The molecule has 10 heteroatoms. The molecule has 7 nitrogen and oxygen atoms in total. The number of nitro benzene ring substituents is 1. The van der Waals surface area contributed by atoms with Crippen LogP contribution in [0.2, 0.25) is 0 Å². The molecule has 134 valence electrons. The van der Waals surface area contributed by atoms with E-state index < -0.39 is 40.2 Å². The summed E-state index contributed by atoms with van der Waals surface area (Å²) in [4.78, 5) is 21.2. The second-order valence-corrected chi connectivity index (χ2v) is 5.87. The van der Waals surface area contributed by atoms with Crippen LogP contribution in [0.15, 0.2) is 18.2 Å². The molecule has 2 N–H and O–H groups in total. The molecule has 0 amide bonds.